The van der Waals surface area contributed by atoms with Crippen molar-refractivity contribution in [1.82, 2.24) is 14.9 Å². The maximum absolute atomic E-state index is 12.1. The summed E-state index contributed by atoms with van der Waals surface area (Å²) in [5.74, 6) is 0.0185. The lowest BCUT2D eigenvalue weighted by Gasteiger charge is -2.18. The summed E-state index contributed by atoms with van der Waals surface area (Å²) < 4.78 is 26.8. The van der Waals surface area contributed by atoms with E-state index in [1.165, 1.54) is 0 Å². The third-order valence-corrected chi connectivity index (χ3v) is 4.26. The Bertz CT molecular complexity index is 498. The van der Waals surface area contributed by atoms with Gasteiger partial charge in [0.1, 0.15) is 0 Å². The predicted octanol–water partition coefficient (Wildman–Crippen LogP) is 0.776. The monoisotopic (exact) mass is 299 g/mol. The lowest BCUT2D eigenvalue weighted by molar-refractivity contribution is 0.370. The third-order valence-electron chi connectivity index (χ3n) is 2.78. The second kappa shape index (κ2) is 7.73. The number of nitrogens with zero attached hydrogens (tertiary/aromatic N) is 1. The highest BCUT2D eigenvalue weighted by molar-refractivity contribution is 7.88. The Kier molecular flexibility index (Phi) is 6.61. The minimum atomic E-state index is -3.30. The molecule has 0 heterocycles. The molecule has 20 heavy (non-hydrogen) atoms. The van der Waals surface area contributed by atoms with Crippen molar-refractivity contribution in [3.63, 3.8) is 0 Å². The molecule has 0 fully saturated rings. The van der Waals surface area contributed by atoms with Crippen LogP contribution in [-0.2, 0) is 22.3 Å². The molecule has 0 amide bonds. The Morgan fingerprint density at radius 1 is 1.15 bits per heavy atom. The van der Waals surface area contributed by atoms with Crippen LogP contribution in [-0.4, -0.2) is 47.0 Å². The van der Waals surface area contributed by atoms with E-state index in [0.717, 1.165) is 17.7 Å². The summed E-state index contributed by atoms with van der Waals surface area (Å²) in [5.41, 5.74) is 1.94. The van der Waals surface area contributed by atoms with Gasteiger partial charge in [-0.05, 0) is 39.2 Å². The fourth-order valence-corrected chi connectivity index (χ4v) is 3.51. The lowest BCUT2D eigenvalue weighted by atomic mass is 10.1. The Morgan fingerprint density at radius 3 is 2.20 bits per heavy atom. The van der Waals surface area contributed by atoms with Crippen LogP contribution >= 0.6 is 0 Å². The van der Waals surface area contributed by atoms with Crippen LogP contribution < -0.4 is 10.0 Å². The summed E-state index contributed by atoms with van der Waals surface area (Å²) >= 11 is 0. The minimum absolute atomic E-state index is 0.0185. The maximum atomic E-state index is 12.1. The molecule has 0 aliphatic heterocycles. The Hall–Kier alpha value is -0.950. The van der Waals surface area contributed by atoms with Gasteiger partial charge in [-0.25, -0.2) is 13.1 Å². The van der Waals surface area contributed by atoms with Crippen LogP contribution in [0.15, 0.2) is 24.3 Å². The third kappa shape index (κ3) is 6.47. The van der Waals surface area contributed by atoms with Gasteiger partial charge in [-0.15, -0.1) is 0 Å². The van der Waals surface area contributed by atoms with Crippen molar-refractivity contribution in [3.8, 4) is 0 Å². The molecule has 1 rings (SSSR count). The van der Waals surface area contributed by atoms with E-state index in [1.807, 2.05) is 57.2 Å². The molecule has 6 heteroatoms. The van der Waals surface area contributed by atoms with E-state index in [2.05, 4.69) is 10.0 Å². The smallest absolute Gasteiger partial charge is 0.216 e. The first-order valence-corrected chi connectivity index (χ1v) is 8.35. The molecule has 1 unspecified atom stereocenters. The van der Waals surface area contributed by atoms with E-state index in [0.29, 0.717) is 6.54 Å². The highest BCUT2D eigenvalue weighted by Gasteiger charge is 2.15. The van der Waals surface area contributed by atoms with Crippen LogP contribution in [0.3, 0.4) is 0 Å². The summed E-state index contributed by atoms with van der Waals surface area (Å²) in [4.78, 5) is 1.96. The first-order chi connectivity index (χ1) is 9.32. The molecule has 1 atom stereocenters. The number of rotatable bonds is 8. The Balaban J connectivity index is 2.61. The lowest BCUT2D eigenvalue weighted by Crippen LogP contribution is -2.40. The van der Waals surface area contributed by atoms with E-state index in [1.54, 1.807) is 0 Å². The molecule has 0 aromatic heterocycles. The molecule has 0 spiro atoms. The molecule has 0 saturated carbocycles. The van der Waals surface area contributed by atoms with Gasteiger partial charge in [-0.1, -0.05) is 24.3 Å². The molecular weight excluding hydrogens is 274 g/mol. The van der Waals surface area contributed by atoms with Crippen LogP contribution in [0.25, 0.3) is 0 Å². The highest BCUT2D eigenvalue weighted by Crippen LogP contribution is 2.08. The molecule has 0 saturated heterocycles. The van der Waals surface area contributed by atoms with E-state index < -0.39 is 10.0 Å². The fraction of sp³-hybridized carbons (Fsp3) is 0.571. The van der Waals surface area contributed by atoms with Crippen molar-refractivity contribution in [3.05, 3.63) is 35.4 Å². The first kappa shape index (κ1) is 17.1. The summed E-state index contributed by atoms with van der Waals surface area (Å²) in [6.45, 7) is 3.33. The normalized spacial score (nSPS) is 13.7. The van der Waals surface area contributed by atoms with Crippen LogP contribution in [0.4, 0.5) is 0 Å². The molecular formula is C14H25N3O2S. The van der Waals surface area contributed by atoms with Crippen molar-refractivity contribution in [2.24, 2.45) is 0 Å². The van der Waals surface area contributed by atoms with E-state index in [-0.39, 0.29) is 11.8 Å². The van der Waals surface area contributed by atoms with Gasteiger partial charge in [0.25, 0.3) is 0 Å². The van der Waals surface area contributed by atoms with Gasteiger partial charge < -0.3 is 10.2 Å². The summed E-state index contributed by atoms with van der Waals surface area (Å²) in [6, 6.07) is 7.53. The number of sulfonamides is 1. The zero-order valence-corrected chi connectivity index (χ0v) is 13.5. The van der Waals surface area contributed by atoms with E-state index >= 15 is 0 Å². The maximum Gasteiger partial charge on any atom is 0.216 e. The van der Waals surface area contributed by atoms with Crippen molar-refractivity contribution in [1.29, 1.82) is 0 Å². The van der Waals surface area contributed by atoms with Gasteiger partial charge >= 0.3 is 0 Å². The average Bonchev–Trinajstić information content (AvgIpc) is 2.29. The predicted molar refractivity (Wildman–Crippen MR) is 83.0 cm³/mol. The quantitative estimate of drug-likeness (QED) is 0.744. The van der Waals surface area contributed by atoms with Gasteiger partial charge in [0.15, 0.2) is 0 Å². The summed E-state index contributed by atoms with van der Waals surface area (Å²) in [5, 5.41) is 3.06. The minimum Gasteiger partial charge on any atom is -0.316 e. The van der Waals surface area contributed by atoms with Crippen LogP contribution in [0.2, 0.25) is 0 Å². The van der Waals surface area contributed by atoms with Crippen molar-refractivity contribution in [2.45, 2.75) is 25.3 Å². The van der Waals surface area contributed by atoms with Crippen LogP contribution in [0, 0.1) is 0 Å². The molecule has 2 N–H and O–H groups in total. The number of nitrogens with one attached hydrogen (secondary N) is 2. The van der Waals surface area contributed by atoms with Gasteiger partial charge in [0.05, 0.1) is 5.75 Å². The fourth-order valence-electron chi connectivity index (χ4n) is 2.11. The van der Waals surface area contributed by atoms with Gasteiger partial charge in [0, 0.05) is 19.1 Å². The summed E-state index contributed by atoms with van der Waals surface area (Å²) in [6.07, 6.45) is 0. The molecule has 114 valence electrons. The standard InChI is InChI=1S/C14H25N3O2S/c1-12(10-17(3)4)16-20(18,19)11-14-7-5-13(6-8-14)9-15-2/h5-8,12,15-16H,9-11H2,1-4H3. The molecule has 0 radical (unpaired) electrons. The Morgan fingerprint density at radius 2 is 1.70 bits per heavy atom. The topological polar surface area (TPSA) is 61.4 Å². The van der Waals surface area contributed by atoms with Gasteiger partial charge in [0.2, 0.25) is 10.0 Å². The molecule has 0 aliphatic rings. The first-order valence-electron chi connectivity index (χ1n) is 6.69. The second-order valence-electron chi connectivity index (χ2n) is 5.39. The average molecular weight is 299 g/mol. The van der Waals surface area contributed by atoms with Crippen molar-refractivity contribution < 1.29 is 8.42 Å². The number of likely N-dealkylation sites (N-methyl/N-ethyl adjacent to an activating group) is 1. The van der Waals surface area contributed by atoms with Crippen LogP contribution in [0.1, 0.15) is 18.1 Å². The second-order valence-corrected chi connectivity index (χ2v) is 7.14. The van der Waals surface area contributed by atoms with Crippen molar-refractivity contribution in [2.75, 3.05) is 27.7 Å². The number of hydrogen-bond donors (Lipinski definition) is 2. The van der Waals surface area contributed by atoms with Gasteiger partial charge in [-0.2, -0.15) is 0 Å². The molecule has 1 aromatic carbocycles. The van der Waals surface area contributed by atoms with E-state index in [9.17, 15) is 8.42 Å². The van der Waals surface area contributed by atoms with E-state index in [4.69, 9.17) is 0 Å². The Labute approximate surface area is 122 Å². The molecule has 5 nitrogen and oxygen atoms in total. The zero-order chi connectivity index (χ0) is 15.2. The molecule has 0 bridgehead atoms. The van der Waals surface area contributed by atoms with Gasteiger partial charge in [-0.3, -0.25) is 0 Å². The highest BCUT2D eigenvalue weighted by atomic mass is 32.2. The number of benzene rings is 1. The summed E-state index contributed by atoms with van der Waals surface area (Å²) in [7, 11) is 2.43. The number of hydrogen-bond acceptors (Lipinski definition) is 4. The zero-order valence-electron chi connectivity index (χ0n) is 12.7. The van der Waals surface area contributed by atoms with Crippen molar-refractivity contribution >= 4 is 10.0 Å². The SMILES string of the molecule is CNCc1ccc(CS(=O)(=O)NC(C)CN(C)C)cc1. The largest absolute Gasteiger partial charge is 0.316 e. The molecule has 1 aromatic rings. The molecule has 0 aliphatic carbocycles. The van der Waals surface area contributed by atoms with Crippen LogP contribution in [0.5, 0.6) is 0 Å².